The number of rotatable bonds is 11. The zero-order valence-electron chi connectivity index (χ0n) is 29.9. The van der Waals surface area contributed by atoms with Crippen LogP contribution in [0.5, 0.6) is 11.5 Å². The number of aliphatic hydroxyl groups excluding tert-OH is 2. The van der Waals surface area contributed by atoms with Crippen molar-refractivity contribution in [3.8, 4) is 11.5 Å². The molecule has 0 radical (unpaired) electrons. The van der Waals surface area contributed by atoms with E-state index in [1.165, 1.54) is 4.80 Å². The summed E-state index contributed by atoms with van der Waals surface area (Å²) in [5, 5.41) is 64.5. The molecule has 18 nitrogen and oxygen atoms in total. The maximum atomic E-state index is 12.8. The third-order valence-corrected chi connectivity index (χ3v) is 10.3. The van der Waals surface area contributed by atoms with Gasteiger partial charge in [-0.15, -0.1) is 10.2 Å². The number of aromatic nitrogens is 9. The molecule has 5 heterocycles. The fourth-order valence-corrected chi connectivity index (χ4v) is 7.33. The van der Waals surface area contributed by atoms with Crippen molar-refractivity contribution in [2.45, 2.75) is 62.4 Å². The molecular weight excluding hydrogens is 706 g/mol. The molecule has 0 bridgehead atoms. The molecule has 7 N–H and O–H groups in total. The topological polar surface area (TPSA) is 237 Å². The number of pyridine rings is 1. The number of phenolic OH excluding ortho intramolecular Hbond substituents is 2. The van der Waals surface area contributed by atoms with E-state index in [0.717, 1.165) is 11.1 Å². The Kier molecular flexibility index (Phi) is 9.81. The molecule has 0 spiro atoms. The molecule has 1 saturated carbocycles. The Morgan fingerprint density at radius 2 is 1.62 bits per heavy atom. The smallest absolute Gasteiger partial charge is 0.319 e. The lowest BCUT2D eigenvalue weighted by molar-refractivity contribution is 0.00473. The summed E-state index contributed by atoms with van der Waals surface area (Å²) in [6.07, 6.45) is 3.98. The van der Waals surface area contributed by atoms with Gasteiger partial charge in [0.2, 0.25) is 5.95 Å². The van der Waals surface area contributed by atoms with E-state index >= 15 is 0 Å². The number of fused-ring (bicyclic) bond motifs is 1. The standard InChI is InChI=1S/C37H41N13O5/c1-2-30-45-47-50(46-30)29-17-28(32(53)33(29)54)49-20-40-31-34(39-18-27(21-3-7-25(51)8-4-21)22-5-9-26(52)10-6-22)43-36(44-35(31)49)48-16-13-24(19-48)42-37(55)41-23-11-14-38-15-12-23/h3-12,14-15,20,24,27-29,32-33,51-54H,2,13,16-19H2,1H3,(H,39,43,44)(H2,38,41,42,55)/t24?,28-,29+,32+,33-/m1/s1. The minimum atomic E-state index is -1.18. The Labute approximate surface area is 314 Å². The average molecular weight is 748 g/mol. The van der Waals surface area contributed by atoms with Crippen LogP contribution >= 0.6 is 0 Å². The second-order valence-electron chi connectivity index (χ2n) is 13.8. The molecule has 2 aromatic carbocycles. The summed E-state index contributed by atoms with van der Waals surface area (Å²) in [5.74, 6) is 1.46. The second kappa shape index (κ2) is 15.2. The van der Waals surface area contributed by atoms with E-state index in [2.05, 4.69) is 36.3 Å². The fraction of sp³-hybridized carbons (Fsp3) is 0.351. The Balaban J connectivity index is 1.11. The Bertz CT molecular complexity index is 2200. The molecule has 2 amide bonds. The highest BCUT2D eigenvalue weighted by atomic mass is 16.3. The maximum absolute atomic E-state index is 12.8. The molecule has 4 aromatic heterocycles. The van der Waals surface area contributed by atoms with Crippen molar-refractivity contribution in [1.29, 1.82) is 0 Å². The van der Waals surface area contributed by atoms with Crippen LogP contribution in [0.15, 0.2) is 79.4 Å². The number of aliphatic hydroxyl groups is 2. The van der Waals surface area contributed by atoms with Crippen molar-refractivity contribution in [3.63, 3.8) is 0 Å². The van der Waals surface area contributed by atoms with E-state index in [9.17, 15) is 25.2 Å². The van der Waals surface area contributed by atoms with Gasteiger partial charge in [0.15, 0.2) is 22.8 Å². The number of nitrogens with one attached hydrogen (secondary N) is 3. The van der Waals surface area contributed by atoms with Gasteiger partial charge < -0.3 is 45.8 Å². The molecule has 2 fully saturated rings. The number of benzene rings is 2. The number of hydrogen-bond donors (Lipinski definition) is 7. The van der Waals surface area contributed by atoms with Crippen LogP contribution in [0.3, 0.4) is 0 Å². The van der Waals surface area contributed by atoms with Crippen molar-refractivity contribution in [3.05, 3.63) is 96.3 Å². The van der Waals surface area contributed by atoms with Gasteiger partial charge in [0.25, 0.3) is 0 Å². The van der Waals surface area contributed by atoms with Gasteiger partial charge in [0, 0.05) is 56.1 Å². The Morgan fingerprint density at radius 3 is 2.29 bits per heavy atom. The third kappa shape index (κ3) is 7.41. The summed E-state index contributed by atoms with van der Waals surface area (Å²) in [6.45, 7) is 3.28. The molecule has 1 aliphatic heterocycles. The Hall–Kier alpha value is -6.40. The number of imidazole rings is 1. The minimum Gasteiger partial charge on any atom is -0.508 e. The highest BCUT2D eigenvalue weighted by molar-refractivity contribution is 5.89. The minimum absolute atomic E-state index is 0.147. The van der Waals surface area contributed by atoms with Gasteiger partial charge in [-0.05, 0) is 65.6 Å². The molecule has 2 aliphatic rings. The summed E-state index contributed by atoms with van der Waals surface area (Å²) in [6, 6.07) is 15.6. The summed E-state index contributed by atoms with van der Waals surface area (Å²) >= 11 is 0. The lowest BCUT2D eigenvalue weighted by atomic mass is 9.91. The average Bonchev–Trinajstić information content (AvgIpc) is 4.01. The molecule has 8 rings (SSSR count). The largest absolute Gasteiger partial charge is 0.508 e. The van der Waals surface area contributed by atoms with Crippen LogP contribution < -0.4 is 20.9 Å². The van der Waals surface area contributed by atoms with Gasteiger partial charge in [-0.2, -0.15) is 14.8 Å². The van der Waals surface area contributed by atoms with Crippen molar-refractivity contribution in [2.75, 3.05) is 35.2 Å². The third-order valence-electron chi connectivity index (χ3n) is 10.3. The van der Waals surface area contributed by atoms with Gasteiger partial charge in [0.05, 0.1) is 12.4 Å². The van der Waals surface area contributed by atoms with E-state index in [4.69, 9.17) is 15.0 Å². The Morgan fingerprint density at radius 1 is 0.927 bits per heavy atom. The number of aryl methyl sites for hydroxylation is 1. The number of nitrogens with zero attached hydrogens (tertiary/aromatic N) is 10. The molecule has 6 aromatic rings. The van der Waals surface area contributed by atoms with E-state index in [-0.39, 0.29) is 29.5 Å². The monoisotopic (exact) mass is 747 g/mol. The number of aromatic hydroxyl groups is 2. The second-order valence-corrected chi connectivity index (χ2v) is 13.8. The van der Waals surface area contributed by atoms with E-state index in [1.54, 1.807) is 59.7 Å². The first-order valence-corrected chi connectivity index (χ1v) is 18.2. The van der Waals surface area contributed by atoms with Crippen molar-refractivity contribution < 1.29 is 25.2 Å². The van der Waals surface area contributed by atoms with Crippen molar-refractivity contribution in [1.82, 2.24) is 50.0 Å². The number of anilines is 3. The summed E-state index contributed by atoms with van der Waals surface area (Å²) in [4.78, 5) is 34.8. The van der Waals surface area contributed by atoms with Gasteiger partial charge in [-0.25, -0.2) is 9.78 Å². The number of carbonyl (C=O) groups excluding carboxylic acids is 1. The summed E-state index contributed by atoms with van der Waals surface area (Å²) in [7, 11) is 0. The number of amides is 2. The summed E-state index contributed by atoms with van der Waals surface area (Å²) in [5.41, 5.74) is 3.38. The normalized spacial score (nSPS) is 21.0. The van der Waals surface area contributed by atoms with Gasteiger partial charge in [-0.1, -0.05) is 31.2 Å². The zero-order valence-corrected chi connectivity index (χ0v) is 29.9. The van der Waals surface area contributed by atoms with Crippen molar-refractivity contribution in [2.24, 2.45) is 0 Å². The highest BCUT2D eigenvalue weighted by Crippen LogP contribution is 2.40. The number of phenols is 2. The predicted molar refractivity (Wildman–Crippen MR) is 201 cm³/mol. The van der Waals surface area contributed by atoms with Gasteiger partial charge in [0.1, 0.15) is 29.7 Å². The van der Waals surface area contributed by atoms with E-state index in [0.29, 0.717) is 73.3 Å². The maximum Gasteiger partial charge on any atom is 0.319 e. The first-order chi connectivity index (χ1) is 26.7. The molecule has 5 atom stereocenters. The lowest BCUT2D eigenvalue weighted by Crippen LogP contribution is -2.40. The molecule has 1 aliphatic carbocycles. The van der Waals surface area contributed by atoms with Crippen LogP contribution in [0.4, 0.5) is 22.2 Å². The van der Waals surface area contributed by atoms with Crippen LogP contribution in [0, 0.1) is 0 Å². The van der Waals surface area contributed by atoms with Crippen LogP contribution in [-0.4, -0.2) is 109 Å². The van der Waals surface area contributed by atoms with Gasteiger partial charge in [-0.3, -0.25) is 4.98 Å². The van der Waals surface area contributed by atoms with Crippen LogP contribution in [0.1, 0.15) is 54.7 Å². The van der Waals surface area contributed by atoms with E-state index in [1.807, 2.05) is 36.1 Å². The number of hydrogen-bond acceptors (Lipinski definition) is 14. The molecule has 1 saturated heterocycles. The molecular formula is C37H41N13O5. The number of carbonyl (C=O) groups is 1. The van der Waals surface area contributed by atoms with E-state index < -0.39 is 24.3 Å². The molecule has 1 unspecified atom stereocenters. The van der Waals surface area contributed by atoms with Crippen molar-refractivity contribution >= 4 is 34.6 Å². The molecule has 284 valence electrons. The van der Waals surface area contributed by atoms with Crippen LogP contribution in [-0.2, 0) is 6.42 Å². The first-order valence-electron chi connectivity index (χ1n) is 18.2. The van der Waals surface area contributed by atoms with Gasteiger partial charge >= 0.3 is 6.03 Å². The number of tetrazole rings is 1. The lowest BCUT2D eigenvalue weighted by Gasteiger charge is -2.22. The SMILES string of the molecule is CCc1nnn([C@H]2C[C@@H](n3cnc4c(NCC(c5ccc(O)cc5)c5ccc(O)cc5)nc(N5CCC(NC(=O)Nc6ccncc6)C5)nc43)[C@H](O)[C@@H]2O)n1. The quantitative estimate of drug-likeness (QED) is 0.101. The molecule has 18 heteroatoms. The fourth-order valence-electron chi connectivity index (χ4n) is 7.33. The first kappa shape index (κ1) is 35.6. The zero-order chi connectivity index (χ0) is 38.1. The predicted octanol–water partition coefficient (Wildman–Crippen LogP) is 2.73. The number of urea groups is 1. The highest BCUT2D eigenvalue weighted by Gasteiger charge is 2.45. The summed E-state index contributed by atoms with van der Waals surface area (Å²) < 4.78 is 1.77. The van der Waals surface area contributed by atoms with Crippen LogP contribution in [0.25, 0.3) is 11.2 Å². The molecule has 55 heavy (non-hydrogen) atoms. The van der Waals surface area contributed by atoms with Crippen LogP contribution in [0.2, 0.25) is 0 Å².